The number of nitrogens with one attached hydrogen (secondary N) is 2. The molecule has 0 aliphatic heterocycles. The molecular weight excluding hydrogens is 314 g/mol. The standard InChI is InChI=1S/C20H17N3O2/c24-19-17(10-13-6-2-1-3-7-13)22-20(25)18(23-19)11-14-12-21-16-9-5-4-8-15(14)16/h1-9,12,21H,10-11H2,(H,22,25)(H,23,24). The molecule has 0 saturated heterocycles. The SMILES string of the molecule is O=c1[nH]c(Cc2ccccc2)c(O)nc1Cc1c[nH]c2ccccc12. The highest BCUT2D eigenvalue weighted by Crippen LogP contribution is 2.20. The molecular formula is C20H17N3O2. The van der Waals surface area contributed by atoms with Gasteiger partial charge in [0.1, 0.15) is 5.69 Å². The van der Waals surface area contributed by atoms with Crippen molar-refractivity contribution in [3.63, 3.8) is 0 Å². The summed E-state index contributed by atoms with van der Waals surface area (Å²) < 4.78 is 0. The second-order valence-corrected chi connectivity index (χ2v) is 6.01. The summed E-state index contributed by atoms with van der Waals surface area (Å²) in [6.45, 7) is 0. The van der Waals surface area contributed by atoms with Crippen molar-refractivity contribution in [3.05, 3.63) is 93.7 Å². The fourth-order valence-corrected chi connectivity index (χ4v) is 3.01. The molecule has 0 bridgehead atoms. The third kappa shape index (κ3) is 3.04. The summed E-state index contributed by atoms with van der Waals surface area (Å²) >= 11 is 0. The van der Waals surface area contributed by atoms with E-state index in [-0.39, 0.29) is 11.4 Å². The van der Waals surface area contributed by atoms with Crippen LogP contribution in [0.25, 0.3) is 10.9 Å². The van der Waals surface area contributed by atoms with E-state index in [1.807, 2.05) is 60.8 Å². The lowest BCUT2D eigenvalue weighted by Gasteiger charge is -2.06. The van der Waals surface area contributed by atoms with Crippen LogP contribution < -0.4 is 5.56 Å². The minimum atomic E-state index is -0.269. The van der Waals surface area contributed by atoms with E-state index < -0.39 is 0 Å². The fraction of sp³-hybridized carbons (Fsp3) is 0.100. The third-order valence-corrected chi connectivity index (χ3v) is 4.29. The molecule has 0 saturated carbocycles. The van der Waals surface area contributed by atoms with E-state index in [4.69, 9.17) is 0 Å². The van der Waals surface area contributed by atoms with Gasteiger partial charge in [-0.25, -0.2) is 4.98 Å². The van der Waals surface area contributed by atoms with Gasteiger partial charge >= 0.3 is 0 Å². The second-order valence-electron chi connectivity index (χ2n) is 6.01. The highest BCUT2D eigenvalue weighted by Gasteiger charge is 2.13. The first-order valence-electron chi connectivity index (χ1n) is 8.10. The van der Waals surface area contributed by atoms with Crippen LogP contribution >= 0.6 is 0 Å². The van der Waals surface area contributed by atoms with E-state index >= 15 is 0 Å². The largest absolute Gasteiger partial charge is 0.492 e. The van der Waals surface area contributed by atoms with Gasteiger partial charge in [-0.1, -0.05) is 48.5 Å². The lowest BCUT2D eigenvalue weighted by atomic mass is 10.1. The average Bonchev–Trinajstić information content (AvgIpc) is 3.03. The number of aromatic amines is 2. The van der Waals surface area contributed by atoms with Gasteiger partial charge in [-0.15, -0.1) is 0 Å². The number of benzene rings is 2. The summed E-state index contributed by atoms with van der Waals surface area (Å²) in [4.78, 5) is 22.5. The molecule has 124 valence electrons. The zero-order valence-electron chi connectivity index (χ0n) is 13.5. The predicted molar refractivity (Wildman–Crippen MR) is 96.9 cm³/mol. The molecule has 0 amide bonds. The van der Waals surface area contributed by atoms with Crippen LogP contribution in [-0.2, 0) is 12.8 Å². The van der Waals surface area contributed by atoms with Crippen molar-refractivity contribution in [2.75, 3.05) is 0 Å². The van der Waals surface area contributed by atoms with Crippen LogP contribution in [0, 0.1) is 0 Å². The quantitative estimate of drug-likeness (QED) is 0.537. The molecule has 25 heavy (non-hydrogen) atoms. The number of aromatic hydroxyl groups is 1. The molecule has 5 heteroatoms. The molecule has 0 fully saturated rings. The minimum Gasteiger partial charge on any atom is -0.492 e. The van der Waals surface area contributed by atoms with E-state index in [1.165, 1.54) is 0 Å². The first kappa shape index (κ1) is 15.2. The summed E-state index contributed by atoms with van der Waals surface area (Å²) in [7, 11) is 0. The molecule has 0 unspecified atom stereocenters. The van der Waals surface area contributed by atoms with Crippen LogP contribution in [-0.4, -0.2) is 20.1 Å². The predicted octanol–water partition coefficient (Wildman–Crippen LogP) is 3.14. The van der Waals surface area contributed by atoms with Crippen LogP contribution in [0.3, 0.4) is 0 Å². The number of H-pyrrole nitrogens is 2. The maximum Gasteiger partial charge on any atom is 0.270 e. The minimum absolute atomic E-state index is 0.127. The molecule has 0 radical (unpaired) electrons. The zero-order valence-corrected chi connectivity index (χ0v) is 13.5. The molecule has 4 rings (SSSR count). The number of rotatable bonds is 4. The van der Waals surface area contributed by atoms with Gasteiger partial charge in [0.05, 0.1) is 5.69 Å². The maximum absolute atomic E-state index is 12.4. The van der Waals surface area contributed by atoms with Gasteiger partial charge < -0.3 is 15.1 Å². The smallest absolute Gasteiger partial charge is 0.270 e. The second kappa shape index (κ2) is 6.28. The number of fused-ring (bicyclic) bond motifs is 1. The van der Waals surface area contributed by atoms with Crippen LogP contribution in [0.15, 0.2) is 65.6 Å². The summed E-state index contributed by atoms with van der Waals surface area (Å²) in [5, 5.41) is 11.3. The van der Waals surface area contributed by atoms with E-state index in [0.717, 1.165) is 22.0 Å². The Morgan fingerprint density at radius 3 is 2.56 bits per heavy atom. The first-order chi connectivity index (χ1) is 12.2. The van der Waals surface area contributed by atoms with Crippen LogP contribution in [0.2, 0.25) is 0 Å². The van der Waals surface area contributed by atoms with Gasteiger partial charge in [-0.2, -0.15) is 0 Å². The Kier molecular flexibility index (Phi) is 3.82. The molecule has 3 N–H and O–H groups in total. The van der Waals surface area contributed by atoms with Gasteiger partial charge in [0.2, 0.25) is 5.88 Å². The van der Waals surface area contributed by atoms with E-state index in [9.17, 15) is 9.90 Å². The molecule has 0 spiro atoms. The monoisotopic (exact) mass is 331 g/mol. The molecule has 0 aliphatic rings. The van der Waals surface area contributed by atoms with Crippen molar-refractivity contribution in [2.45, 2.75) is 12.8 Å². The Labute approximate surface area is 144 Å². The third-order valence-electron chi connectivity index (χ3n) is 4.29. The number of para-hydroxylation sites is 1. The van der Waals surface area contributed by atoms with Crippen LogP contribution in [0.1, 0.15) is 22.5 Å². The number of hydrogen-bond acceptors (Lipinski definition) is 3. The van der Waals surface area contributed by atoms with Crippen molar-refractivity contribution in [2.24, 2.45) is 0 Å². The average molecular weight is 331 g/mol. The number of nitrogens with zero attached hydrogens (tertiary/aromatic N) is 1. The van der Waals surface area contributed by atoms with Gasteiger partial charge in [0.15, 0.2) is 0 Å². The van der Waals surface area contributed by atoms with Crippen LogP contribution in [0.5, 0.6) is 5.88 Å². The Hall–Kier alpha value is -3.34. The topological polar surface area (TPSA) is 81.8 Å². The van der Waals surface area contributed by atoms with Crippen molar-refractivity contribution < 1.29 is 5.11 Å². The lowest BCUT2D eigenvalue weighted by Crippen LogP contribution is -2.18. The van der Waals surface area contributed by atoms with Gasteiger partial charge in [-0.3, -0.25) is 4.79 Å². The van der Waals surface area contributed by atoms with Gasteiger partial charge in [-0.05, 0) is 17.2 Å². The molecule has 2 heterocycles. The zero-order chi connectivity index (χ0) is 17.2. The molecule has 4 aromatic rings. The Balaban J connectivity index is 1.65. The molecule has 0 aliphatic carbocycles. The first-order valence-corrected chi connectivity index (χ1v) is 8.10. The maximum atomic E-state index is 12.4. The van der Waals surface area contributed by atoms with Gasteiger partial charge in [0, 0.05) is 29.9 Å². The molecule has 2 aromatic heterocycles. The van der Waals surface area contributed by atoms with E-state index in [2.05, 4.69) is 15.0 Å². The van der Waals surface area contributed by atoms with E-state index in [1.54, 1.807) is 0 Å². The lowest BCUT2D eigenvalue weighted by molar-refractivity contribution is 0.439. The summed E-state index contributed by atoms with van der Waals surface area (Å²) in [5.41, 5.74) is 3.45. The highest BCUT2D eigenvalue weighted by molar-refractivity contribution is 5.83. The van der Waals surface area contributed by atoms with Crippen LogP contribution in [0.4, 0.5) is 0 Å². The molecule has 2 aromatic carbocycles. The Morgan fingerprint density at radius 1 is 0.960 bits per heavy atom. The van der Waals surface area contributed by atoms with Gasteiger partial charge in [0.25, 0.3) is 5.56 Å². The Morgan fingerprint density at radius 2 is 1.72 bits per heavy atom. The summed E-state index contributed by atoms with van der Waals surface area (Å²) in [5.74, 6) is -0.127. The summed E-state index contributed by atoms with van der Waals surface area (Å²) in [6.07, 6.45) is 2.67. The van der Waals surface area contributed by atoms with Crippen molar-refractivity contribution in [1.29, 1.82) is 0 Å². The van der Waals surface area contributed by atoms with Crippen molar-refractivity contribution >= 4 is 10.9 Å². The Bertz CT molecular complexity index is 1080. The number of hydrogen-bond donors (Lipinski definition) is 3. The summed E-state index contributed by atoms with van der Waals surface area (Å²) in [6, 6.07) is 17.5. The fourth-order valence-electron chi connectivity index (χ4n) is 3.01. The highest BCUT2D eigenvalue weighted by atomic mass is 16.3. The van der Waals surface area contributed by atoms with Crippen molar-refractivity contribution in [3.8, 4) is 5.88 Å². The van der Waals surface area contributed by atoms with Crippen molar-refractivity contribution in [1.82, 2.24) is 15.0 Å². The number of aromatic nitrogens is 3. The van der Waals surface area contributed by atoms with E-state index in [0.29, 0.717) is 24.2 Å². The normalized spacial score (nSPS) is 11.0. The molecule has 5 nitrogen and oxygen atoms in total. The molecule has 0 atom stereocenters.